The van der Waals surface area contributed by atoms with Gasteiger partial charge in [-0.15, -0.1) is 0 Å². The SMILES string of the molecule is C1CCC(NC2=NC3CCCCC3CS2)CC1. The smallest absolute Gasteiger partial charge is 0.157 e. The molecule has 1 heterocycles. The van der Waals surface area contributed by atoms with Crippen LogP contribution < -0.4 is 5.32 Å². The number of fused-ring (bicyclic) bond motifs is 1. The van der Waals surface area contributed by atoms with Crippen LogP contribution in [0.15, 0.2) is 4.99 Å². The summed E-state index contributed by atoms with van der Waals surface area (Å²) in [5.41, 5.74) is 0. The minimum absolute atomic E-state index is 0.649. The van der Waals surface area contributed by atoms with E-state index in [0.717, 1.165) is 12.0 Å². The Morgan fingerprint density at radius 3 is 2.59 bits per heavy atom. The highest BCUT2D eigenvalue weighted by Gasteiger charge is 2.29. The molecule has 17 heavy (non-hydrogen) atoms. The molecule has 0 aromatic heterocycles. The molecule has 1 aliphatic heterocycles. The molecule has 3 rings (SSSR count). The Labute approximate surface area is 109 Å². The van der Waals surface area contributed by atoms with E-state index in [-0.39, 0.29) is 0 Å². The molecular weight excluding hydrogens is 228 g/mol. The lowest BCUT2D eigenvalue weighted by molar-refractivity contribution is 0.334. The third-order valence-corrected chi connectivity index (χ3v) is 5.61. The van der Waals surface area contributed by atoms with Crippen LogP contribution in [0.1, 0.15) is 57.8 Å². The Hall–Kier alpha value is -0.180. The van der Waals surface area contributed by atoms with Gasteiger partial charge in [-0.25, -0.2) is 0 Å². The maximum atomic E-state index is 4.97. The van der Waals surface area contributed by atoms with Gasteiger partial charge in [0.1, 0.15) is 0 Å². The first-order valence-electron chi connectivity index (χ1n) is 7.39. The molecule has 0 saturated heterocycles. The van der Waals surface area contributed by atoms with Crippen molar-refractivity contribution in [1.82, 2.24) is 5.32 Å². The van der Waals surface area contributed by atoms with Crippen LogP contribution in [0.3, 0.4) is 0 Å². The first-order valence-corrected chi connectivity index (χ1v) is 8.37. The van der Waals surface area contributed by atoms with E-state index in [1.807, 2.05) is 11.8 Å². The van der Waals surface area contributed by atoms with Crippen LogP contribution in [0, 0.1) is 5.92 Å². The van der Waals surface area contributed by atoms with Crippen molar-refractivity contribution in [3.05, 3.63) is 0 Å². The fourth-order valence-corrected chi connectivity index (χ4v) is 4.65. The number of nitrogens with one attached hydrogen (secondary N) is 1. The molecular formula is C14H24N2S. The molecule has 2 saturated carbocycles. The molecule has 0 aromatic rings. The number of rotatable bonds is 1. The molecule has 2 fully saturated rings. The van der Waals surface area contributed by atoms with Crippen molar-refractivity contribution in [2.24, 2.45) is 10.9 Å². The number of aliphatic imine (C=N–C) groups is 1. The second-order valence-corrected chi connectivity index (χ2v) is 6.85. The topological polar surface area (TPSA) is 24.4 Å². The van der Waals surface area contributed by atoms with Crippen molar-refractivity contribution in [2.45, 2.75) is 69.9 Å². The largest absolute Gasteiger partial charge is 0.362 e. The van der Waals surface area contributed by atoms with E-state index in [0.29, 0.717) is 6.04 Å². The zero-order chi connectivity index (χ0) is 11.5. The highest BCUT2D eigenvalue weighted by atomic mass is 32.2. The van der Waals surface area contributed by atoms with Gasteiger partial charge in [0.25, 0.3) is 0 Å². The Kier molecular flexibility index (Phi) is 3.94. The van der Waals surface area contributed by atoms with E-state index in [1.165, 1.54) is 68.7 Å². The molecule has 2 unspecified atom stereocenters. The van der Waals surface area contributed by atoms with Crippen LogP contribution in [0.4, 0.5) is 0 Å². The summed E-state index contributed by atoms with van der Waals surface area (Å²) in [4.78, 5) is 4.97. The Bertz CT molecular complexity index is 284. The van der Waals surface area contributed by atoms with Crippen molar-refractivity contribution in [2.75, 3.05) is 5.75 Å². The molecule has 0 amide bonds. The van der Waals surface area contributed by atoms with Crippen molar-refractivity contribution in [3.8, 4) is 0 Å². The lowest BCUT2D eigenvalue weighted by Crippen LogP contribution is -2.39. The molecule has 3 heteroatoms. The minimum Gasteiger partial charge on any atom is -0.362 e. The van der Waals surface area contributed by atoms with Crippen molar-refractivity contribution in [1.29, 1.82) is 0 Å². The van der Waals surface area contributed by atoms with E-state index >= 15 is 0 Å². The monoisotopic (exact) mass is 252 g/mol. The van der Waals surface area contributed by atoms with Crippen LogP contribution in [0.25, 0.3) is 0 Å². The Morgan fingerprint density at radius 1 is 0.941 bits per heavy atom. The predicted octanol–water partition coefficient (Wildman–Crippen LogP) is 3.57. The van der Waals surface area contributed by atoms with E-state index in [4.69, 9.17) is 4.99 Å². The second-order valence-electron chi connectivity index (χ2n) is 5.84. The molecule has 0 bridgehead atoms. The van der Waals surface area contributed by atoms with Crippen molar-refractivity contribution >= 4 is 16.9 Å². The van der Waals surface area contributed by atoms with Crippen LogP contribution >= 0.6 is 11.8 Å². The predicted molar refractivity (Wildman–Crippen MR) is 75.6 cm³/mol. The Balaban J connectivity index is 1.57. The van der Waals surface area contributed by atoms with Gasteiger partial charge in [0.05, 0.1) is 6.04 Å². The summed E-state index contributed by atoms with van der Waals surface area (Å²) in [5, 5.41) is 4.97. The summed E-state index contributed by atoms with van der Waals surface area (Å²) < 4.78 is 0. The number of hydrogen-bond donors (Lipinski definition) is 1. The molecule has 1 N–H and O–H groups in total. The van der Waals surface area contributed by atoms with E-state index in [2.05, 4.69) is 5.32 Å². The van der Waals surface area contributed by atoms with E-state index < -0.39 is 0 Å². The van der Waals surface area contributed by atoms with Crippen LogP contribution in [-0.4, -0.2) is 23.0 Å². The highest BCUT2D eigenvalue weighted by Crippen LogP contribution is 2.34. The maximum Gasteiger partial charge on any atom is 0.157 e. The second kappa shape index (κ2) is 5.64. The van der Waals surface area contributed by atoms with E-state index in [1.54, 1.807) is 0 Å². The van der Waals surface area contributed by atoms with Gasteiger partial charge in [-0.05, 0) is 31.6 Å². The zero-order valence-corrected chi connectivity index (χ0v) is 11.5. The fraction of sp³-hybridized carbons (Fsp3) is 0.929. The average molecular weight is 252 g/mol. The maximum absolute atomic E-state index is 4.97. The van der Waals surface area contributed by atoms with Crippen LogP contribution in [0.5, 0.6) is 0 Å². The summed E-state index contributed by atoms with van der Waals surface area (Å²) in [6, 6.07) is 1.37. The first-order chi connectivity index (χ1) is 8.42. The summed E-state index contributed by atoms with van der Waals surface area (Å²) in [6.07, 6.45) is 12.5. The first kappa shape index (κ1) is 11.9. The molecule has 0 aromatic carbocycles. The number of thioether (sulfide) groups is 1. The van der Waals surface area contributed by atoms with Gasteiger partial charge in [0, 0.05) is 11.8 Å². The fourth-order valence-electron chi connectivity index (χ4n) is 3.43. The lowest BCUT2D eigenvalue weighted by atomic mass is 9.86. The average Bonchev–Trinajstić information content (AvgIpc) is 2.40. The number of hydrogen-bond acceptors (Lipinski definition) is 3. The number of nitrogens with zero attached hydrogens (tertiary/aromatic N) is 1. The molecule has 2 nitrogen and oxygen atoms in total. The minimum atomic E-state index is 0.649. The van der Waals surface area contributed by atoms with Gasteiger partial charge in [-0.3, -0.25) is 4.99 Å². The summed E-state index contributed by atoms with van der Waals surface area (Å²) in [7, 11) is 0. The molecule has 2 atom stereocenters. The summed E-state index contributed by atoms with van der Waals surface area (Å²) >= 11 is 1.98. The van der Waals surface area contributed by atoms with Gasteiger partial charge < -0.3 is 5.32 Å². The van der Waals surface area contributed by atoms with Crippen LogP contribution in [-0.2, 0) is 0 Å². The summed E-state index contributed by atoms with van der Waals surface area (Å²) in [6.45, 7) is 0. The molecule has 0 radical (unpaired) electrons. The molecule has 0 spiro atoms. The van der Waals surface area contributed by atoms with Gasteiger partial charge in [-0.1, -0.05) is 43.9 Å². The van der Waals surface area contributed by atoms with Gasteiger partial charge in [0.15, 0.2) is 5.17 Å². The van der Waals surface area contributed by atoms with Crippen molar-refractivity contribution < 1.29 is 0 Å². The molecule has 2 aliphatic carbocycles. The highest BCUT2D eigenvalue weighted by molar-refractivity contribution is 8.13. The third kappa shape index (κ3) is 2.98. The quantitative estimate of drug-likeness (QED) is 0.771. The van der Waals surface area contributed by atoms with Gasteiger partial charge >= 0.3 is 0 Å². The Morgan fingerprint density at radius 2 is 1.71 bits per heavy atom. The van der Waals surface area contributed by atoms with Gasteiger partial charge in [0.2, 0.25) is 0 Å². The molecule has 96 valence electrons. The number of amidine groups is 1. The lowest BCUT2D eigenvalue weighted by Gasteiger charge is -2.34. The van der Waals surface area contributed by atoms with Gasteiger partial charge in [-0.2, -0.15) is 0 Å². The third-order valence-electron chi connectivity index (χ3n) is 4.52. The summed E-state index contributed by atoms with van der Waals surface area (Å²) in [5.74, 6) is 2.19. The standard InChI is InChI=1S/C14H24N2S/c1-2-7-12(8-3-1)15-14-16-13-9-5-4-6-11(13)10-17-14/h11-13H,1-10H2,(H,15,16). The van der Waals surface area contributed by atoms with Crippen molar-refractivity contribution in [3.63, 3.8) is 0 Å². The molecule has 3 aliphatic rings. The van der Waals surface area contributed by atoms with E-state index in [9.17, 15) is 0 Å². The zero-order valence-electron chi connectivity index (χ0n) is 10.7. The van der Waals surface area contributed by atoms with Crippen LogP contribution in [0.2, 0.25) is 0 Å². The normalized spacial score (nSPS) is 34.9.